The fourth-order valence-electron chi connectivity index (χ4n) is 0.958. The van der Waals surface area contributed by atoms with E-state index < -0.39 is 7.81 Å². The fourth-order valence-corrected chi connectivity index (χ4v) is 0.958. The smallest absolute Gasteiger partial charge is 0 e. The first-order chi connectivity index (χ1) is 8.74. The van der Waals surface area contributed by atoms with Crippen molar-refractivity contribution < 1.29 is 42.3 Å². The molecule has 1 aliphatic carbocycles. The van der Waals surface area contributed by atoms with Crippen molar-refractivity contribution in [1.29, 1.82) is 0 Å². The van der Waals surface area contributed by atoms with Gasteiger partial charge in [-0.25, -0.2) is 0 Å². The average Bonchev–Trinajstić information content (AvgIpc) is 2.76. The summed E-state index contributed by atoms with van der Waals surface area (Å²) in [5, 5.41) is 0. The van der Waals surface area contributed by atoms with Crippen LogP contribution in [0.1, 0.15) is 11.1 Å². The van der Waals surface area contributed by atoms with Gasteiger partial charge < -0.3 is 0 Å². The number of hydrogen-bond acceptors (Lipinski definition) is 0. The second kappa shape index (κ2) is 7.84. The molecule has 0 amide bonds. The predicted octanol–water partition coefficient (Wildman–Crippen LogP) is 6.70. The summed E-state index contributed by atoms with van der Waals surface area (Å²) < 4.78 is 59.2. The summed E-state index contributed by atoms with van der Waals surface area (Å²) in [6, 6.07) is 8.48. The Labute approximate surface area is 132 Å². The summed E-state index contributed by atoms with van der Waals surface area (Å²) in [6.45, 7) is 4.19. The van der Waals surface area contributed by atoms with Gasteiger partial charge in [0.2, 0.25) is 0 Å². The second-order valence-electron chi connectivity index (χ2n) is 4.08. The summed E-state index contributed by atoms with van der Waals surface area (Å²) in [4.78, 5) is 0. The molecule has 123 valence electrons. The molecule has 1 aromatic carbocycles. The Morgan fingerprint density at radius 2 is 0.714 bits per heavy atom. The third-order valence-electron chi connectivity index (χ3n) is 1.77. The van der Waals surface area contributed by atoms with E-state index in [0.29, 0.717) is 0 Å². The van der Waals surface area contributed by atoms with Crippen LogP contribution in [0.15, 0.2) is 24.3 Å². The zero-order valence-corrected chi connectivity index (χ0v) is 13.3. The monoisotopic (exact) mass is 372 g/mol. The molecular formula is C13H15F6FeP-. The van der Waals surface area contributed by atoms with E-state index in [2.05, 4.69) is 38.1 Å². The van der Waals surface area contributed by atoms with Crippen LogP contribution in [0.2, 0.25) is 0 Å². The summed E-state index contributed by atoms with van der Waals surface area (Å²) in [5.41, 5.74) is 2.66. The summed E-state index contributed by atoms with van der Waals surface area (Å²) >= 11 is 0. The summed E-state index contributed by atoms with van der Waals surface area (Å²) in [6.07, 6.45) is 10.0. The molecule has 0 saturated heterocycles. The molecule has 1 aromatic rings. The molecule has 0 aliphatic heterocycles. The topological polar surface area (TPSA) is 0 Å². The van der Waals surface area contributed by atoms with Gasteiger partial charge in [-0.3, -0.25) is 0 Å². The number of halogens is 6. The largest absolute Gasteiger partial charge is 0.0312 e. The van der Waals surface area contributed by atoms with Gasteiger partial charge in [-0.1, -0.05) is 35.4 Å². The van der Waals surface area contributed by atoms with Gasteiger partial charge in [0, 0.05) is 17.1 Å². The first-order valence-electron chi connectivity index (χ1n) is 5.50. The van der Waals surface area contributed by atoms with Crippen molar-refractivity contribution in [3.63, 3.8) is 0 Å². The fraction of sp³-hybridized carbons (Fsp3) is 0.154. The molecule has 0 heterocycles. The van der Waals surface area contributed by atoms with Crippen molar-refractivity contribution in [3.05, 3.63) is 67.5 Å². The van der Waals surface area contributed by atoms with E-state index in [1.165, 1.54) is 11.1 Å². The number of aryl methyl sites for hydroxylation is 2. The molecule has 21 heavy (non-hydrogen) atoms. The van der Waals surface area contributed by atoms with Gasteiger partial charge >= 0.3 is 33.0 Å². The molecule has 2 rings (SSSR count). The maximum Gasteiger partial charge on any atom is 0 e. The van der Waals surface area contributed by atoms with Crippen molar-refractivity contribution in [2.45, 2.75) is 13.8 Å². The van der Waals surface area contributed by atoms with E-state index in [1.807, 2.05) is 32.1 Å². The minimum atomic E-state index is -10.7. The van der Waals surface area contributed by atoms with Gasteiger partial charge in [0.05, 0.1) is 0 Å². The third kappa shape index (κ3) is 28.6. The van der Waals surface area contributed by atoms with Gasteiger partial charge in [0.25, 0.3) is 0 Å². The average molecular weight is 372 g/mol. The van der Waals surface area contributed by atoms with Gasteiger partial charge in [-0.2, -0.15) is 0 Å². The Hall–Kier alpha value is -0.251. The van der Waals surface area contributed by atoms with Crippen molar-refractivity contribution in [2.75, 3.05) is 0 Å². The molecule has 0 spiro atoms. The maximum absolute atomic E-state index is 10.7. The van der Waals surface area contributed by atoms with Gasteiger partial charge in [0.1, 0.15) is 0 Å². The van der Waals surface area contributed by atoms with Crippen LogP contribution < -0.4 is 0 Å². The number of rotatable bonds is 0. The first kappa shape index (κ1) is 23.0. The molecule has 1 fully saturated rings. The minimum Gasteiger partial charge on any atom is -0.0312 e. The Bertz CT molecular complexity index is 354. The molecule has 0 aromatic heterocycles. The van der Waals surface area contributed by atoms with Gasteiger partial charge in [0.15, 0.2) is 0 Å². The zero-order valence-electron chi connectivity index (χ0n) is 11.3. The van der Waals surface area contributed by atoms with Gasteiger partial charge in [-0.05, 0) is 46.0 Å². The third-order valence-corrected chi connectivity index (χ3v) is 1.77. The Morgan fingerprint density at radius 1 is 0.571 bits per heavy atom. The van der Waals surface area contributed by atoms with Crippen LogP contribution in [-0.2, 0) is 17.1 Å². The quantitative estimate of drug-likeness (QED) is 0.270. The Morgan fingerprint density at radius 3 is 0.857 bits per heavy atom. The molecule has 0 unspecified atom stereocenters. The molecule has 5 radical (unpaired) electrons. The first-order valence-corrected chi connectivity index (χ1v) is 7.53. The van der Waals surface area contributed by atoms with E-state index in [9.17, 15) is 25.2 Å². The normalized spacial score (nSPS) is 17.0. The Kier molecular flexibility index (Phi) is 8.60. The Balaban J connectivity index is 0. The summed E-state index contributed by atoms with van der Waals surface area (Å²) in [7, 11) is -10.7. The van der Waals surface area contributed by atoms with E-state index >= 15 is 0 Å². The van der Waals surface area contributed by atoms with E-state index in [4.69, 9.17) is 0 Å². The van der Waals surface area contributed by atoms with Crippen LogP contribution in [0.5, 0.6) is 0 Å². The molecular weight excluding hydrogens is 357 g/mol. The maximum atomic E-state index is 9.87. The molecule has 1 saturated carbocycles. The van der Waals surface area contributed by atoms with Crippen LogP contribution in [0.25, 0.3) is 0 Å². The molecule has 0 N–H and O–H groups in total. The number of benzene rings is 1. The van der Waals surface area contributed by atoms with Gasteiger partial charge in [-0.15, -0.1) is 0 Å². The molecule has 1 aliphatic rings. The molecule has 8 heteroatoms. The summed E-state index contributed by atoms with van der Waals surface area (Å²) in [5.74, 6) is 0. The molecule has 0 atom stereocenters. The predicted molar refractivity (Wildman–Crippen MR) is 71.0 cm³/mol. The SMILES string of the molecule is Cc1ccc(C)cc1.F[P-](F)(F)(F)(F)F.[CH]1[CH][CH][CH][CH]1.[Fe]. The molecule has 0 nitrogen and oxygen atoms in total. The van der Waals surface area contributed by atoms with E-state index in [0.717, 1.165) is 0 Å². The van der Waals surface area contributed by atoms with Crippen molar-refractivity contribution in [2.24, 2.45) is 0 Å². The number of hydrogen-bond donors (Lipinski definition) is 0. The molecule has 0 bridgehead atoms. The van der Waals surface area contributed by atoms with Crippen molar-refractivity contribution in [1.82, 2.24) is 0 Å². The standard InChI is InChI=1S/C8H10.C5H5.F6P.Fe/c1-7-3-5-8(2)6-4-7;1-2-4-5-3-1;1-7(2,3,4,5)6;/h3-6H,1-2H3;1-5H;;/q;;-1;. The van der Waals surface area contributed by atoms with Crippen LogP contribution in [0.3, 0.4) is 0 Å². The minimum absolute atomic E-state index is 0. The van der Waals surface area contributed by atoms with E-state index in [1.54, 1.807) is 0 Å². The van der Waals surface area contributed by atoms with Crippen LogP contribution >= 0.6 is 7.81 Å². The van der Waals surface area contributed by atoms with Crippen molar-refractivity contribution >= 4 is 7.81 Å². The van der Waals surface area contributed by atoms with E-state index in [-0.39, 0.29) is 17.1 Å². The van der Waals surface area contributed by atoms with Crippen LogP contribution in [-0.4, -0.2) is 0 Å². The van der Waals surface area contributed by atoms with Crippen LogP contribution in [0.4, 0.5) is 25.2 Å². The second-order valence-corrected chi connectivity index (χ2v) is 5.99. The zero-order chi connectivity index (χ0) is 15.9. The van der Waals surface area contributed by atoms with Crippen molar-refractivity contribution in [3.8, 4) is 0 Å². The van der Waals surface area contributed by atoms with Crippen LogP contribution in [0, 0.1) is 46.0 Å².